The SMILES string of the molecule is O=C(C1CCN(CCCCCO)CC1)N1CCc2ccccc21. The zero-order valence-electron chi connectivity index (χ0n) is 13.9. The summed E-state index contributed by atoms with van der Waals surface area (Å²) in [5, 5.41) is 8.82. The first-order valence-electron chi connectivity index (χ1n) is 9.02. The van der Waals surface area contributed by atoms with E-state index < -0.39 is 0 Å². The molecule has 2 heterocycles. The number of unbranched alkanes of at least 4 members (excludes halogenated alkanes) is 2. The number of para-hydroxylation sites is 1. The molecule has 1 amide bonds. The molecule has 1 aromatic carbocycles. The van der Waals surface area contributed by atoms with Crippen molar-refractivity contribution in [3.05, 3.63) is 29.8 Å². The molecular weight excluding hydrogens is 288 g/mol. The Morgan fingerprint density at radius 3 is 2.65 bits per heavy atom. The number of carbonyl (C=O) groups is 1. The van der Waals surface area contributed by atoms with Crippen molar-refractivity contribution in [2.24, 2.45) is 5.92 Å². The number of hydrogen-bond donors (Lipinski definition) is 1. The Hall–Kier alpha value is -1.39. The quantitative estimate of drug-likeness (QED) is 0.820. The highest BCUT2D eigenvalue weighted by Gasteiger charge is 2.32. The summed E-state index contributed by atoms with van der Waals surface area (Å²) in [4.78, 5) is 17.3. The minimum absolute atomic E-state index is 0.190. The first-order chi connectivity index (χ1) is 11.3. The second kappa shape index (κ2) is 7.93. The highest BCUT2D eigenvalue weighted by Crippen LogP contribution is 2.31. The van der Waals surface area contributed by atoms with Crippen molar-refractivity contribution in [2.45, 2.75) is 38.5 Å². The molecule has 0 bridgehead atoms. The first kappa shape index (κ1) is 16.5. The number of amides is 1. The van der Waals surface area contributed by atoms with Gasteiger partial charge >= 0.3 is 0 Å². The molecule has 2 aliphatic heterocycles. The standard InChI is InChI=1S/C19H28N2O2/c22-15-5-1-4-11-20-12-8-17(9-13-20)19(23)21-14-10-16-6-2-3-7-18(16)21/h2-3,6-7,17,22H,1,4-5,8-15H2. The third kappa shape index (κ3) is 3.93. The van der Waals surface area contributed by atoms with Crippen LogP contribution < -0.4 is 4.90 Å². The Morgan fingerprint density at radius 2 is 1.87 bits per heavy atom. The molecule has 0 aliphatic carbocycles. The van der Waals surface area contributed by atoms with Gasteiger partial charge in [-0.15, -0.1) is 0 Å². The number of nitrogens with zero attached hydrogens (tertiary/aromatic N) is 2. The maximum absolute atomic E-state index is 12.8. The van der Waals surface area contributed by atoms with Gasteiger partial charge < -0.3 is 14.9 Å². The number of likely N-dealkylation sites (tertiary alicyclic amines) is 1. The van der Waals surface area contributed by atoms with E-state index in [0.717, 1.165) is 70.4 Å². The average Bonchev–Trinajstić information content (AvgIpc) is 3.03. The van der Waals surface area contributed by atoms with E-state index in [1.54, 1.807) is 0 Å². The molecule has 0 radical (unpaired) electrons. The fourth-order valence-corrected chi connectivity index (χ4v) is 3.82. The van der Waals surface area contributed by atoms with Gasteiger partial charge in [0, 0.05) is 24.8 Å². The number of aliphatic hydroxyl groups is 1. The van der Waals surface area contributed by atoms with Gasteiger partial charge in [0.05, 0.1) is 0 Å². The van der Waals surface area contributed by atoms with E-state index in [2.05, 4.69) is 23.1 Å². The van der Waals surface area contributed by atoms with Crippen LogP contribution in [0.25, 0.3) is 0 Å². The maximum Gasteiger partial charge on any atom is 0.230 e. The Kier molecular flexibility index (Phi) is 5.68. The van der Waals surface area contributed by atoms with E-state index in [-0.39, 0.29) is 5.92 Å². The van der Waals surface area contributed by atoms with Crippen molar-refractivity contribution < 1.29 is 9.90 Å². The van der Waals surface area contributed by atoms with Crippen molar-refractivity contribution in [2.75, 3.05) is 37.7 Å². The molecule has 2 aliphatic rings. The topological polar surface area (TPSA) is 43.8 Å². The molecule has 0 atom stereocenters. The van der Waals surface area contributed by atoms with Gasteiger partial charge in [-0.1, -0.05) is 18.2 Å². The van der Waals surface area contributed by atoms with E-state index in [1.165, 1.54) is 5.56 Å². The third-order valence-electron chi connectivity index (χ3n) is 5.22. The molecule has 0 spiro atoms. The Bertz CT molecular complexity index is 524. The molecule has 0 saturated carbocycles. The van der Waals surface area contributed by atoms with Gasteiger partial charge in [0.15, 0.2) is 0 Å². The number of benzene rings is 1. The largest absolute Gasteiger partial charge is 0.396 e. The van der Waals surface area contributed by atoms with Crippen LogP contribution in [0.4, 0.5) is 5.69 Å². The molecule has 0 unspecified atom stereocenters. The Morgan fingerprint density at radius 1 is 1.09 bits per heavy atom. The Balaban J connectivity index is 1.48. The van der Waals surface area contributed by atoms with Crippen LogP contribution in [0.5, 0.6) is 0 Å². The smallest absolute Gasteiger partial charge is 0.230 e. The Labute approximate surface area is 139 Å². The van der Waals surface area contributed by atoms with Crippen LogP contribution in [-0.2, 0) is 11.2 Å². The summed E-state index contributed by atoms with van der Waals surface area (Å²) in [6, 6.07) is 8.30. The molecular formula is C19H28N2O2. The highest BCUT2D eigenvalue weighted by atomic mass is 16.2. The molecule has 4 heteroatoms. The van der Waals surface area contributed by atoms with Crippen LogP contribution in [0, 0.1) is 5.92 Å². The van der Waals surface area contributed by atoms with Crippen LogP contribution in [0.15, 0.2) is 24.3 Å². The summed E-state index contributed by atoms with van der Waals surface area (Å²) < 4.78 is 0. The first-order valence-corrected chi connectivity index (χ1v) is 9.02. The molecule has 1 saturated heterocycles. The lowest BCUT2D eigenvalue weighted by Gasteiger charge is -2.33. The van der Waals surface area contributed by atoms with Crippen molar-refractivity contribution in [1.82, 2.24) is 4.90 Å². The molecule has 23 heavy (non-hydrogen) atoms. The normalized spacial score (nSPS) is 19.1. The molecule has 1 N–H and O–H groups in total. The molecule has 126 valence electrons. The number of carbonyl (C=O) groups excluding carboxylic acids is 1. The zero-order chi connectivity index (χ0) is 16.1. The van der Waals surface area contributed by atoms with E-state index in [4.69, 9.17) is 5.11 Å². The number of piperidine rings is 1. The predicted octanol–water partition coefficient (Wildman–Crippen LogP) is 2.45. The van der Waals surface area contributed by atoms with Crippen LogP contribution in [0.1, 0.15) is 37.7 Å². The fraction of sp³-hybridized carbons (Fsp3) is 0.632. The van der Waals surface area contributed by atoms with Crippen LogP contribution in [0.2, 0.25) is 0 Å². The molecule has 1 aromatic rings. The number of anilines is 1. The number of fused-ring (bicyclic) bond motifs is 1. The molecule has 1 fully saturated rings. The lowest BCUT2D eigenvalue weighted by atomic mass is 9.95. The average molecular weight is 316 g/mol. The van der Waals surface area contributed by atoms with Gasteiger partial charge in [-0.25, -0.2) is 0 Å². The number of hydrogen-bond acceptors (Lipinski definition) is 3. The molecule has 3 rings (SSSR count). The second-order valence-corrected chi connectivity index (χ2v) is 6.77. The number of aliphatic hydroxyl groups excluding tert-OH is 1. The zero-order valence-corrected chi connectivity index (χ0v) is 13.9. The molecule has 4 nitrogen and oxygen atoms in total. The molecule has 0 aromatic heterocycles. The lowest BCUT2D eigenvalue weighted by Crippen LogP contribution is -2.42. The summed E-state index contributed by atoms with van der Waals surface area (Å²) in [5.41, 5.74) is 2.44. The summed E-state index contributed by atoms with van der Waals surface area (Å²) >= 11 is 0. The highest BCUT2D eigenvalue weighted by molar-refractivity contribution is 5.97. The van der Waals surface area contributed by atoms with Crippen LogP contribution >= 0.6 is 0 Å². The predicted molar refractivity (Wildman–Crippen MR) is 92.6 cm³/mol. The van der Waals surface area contributed by atoms with E-state index >= 15 is 0 Å². The van der Waals surface area contributed by atoms with Gasteiger partial charge in [0.1, 0.15) is 0 Å². The van der Waals surface area contributed by atoms with Gasteiger partial charge in [-0.2, -0.15) is 0 Å². The third-order valence-corrected chi connectivity index (χ3v) is 5.22. The minimum Gasteiger partial charge on any atom is -0.396 e. The fourth-order valence-electron chi connectivity index (χ4n) is 3.82. The van der Waals surface area contributed by atoms with Crippen molar-refractivity contribution >= 4 is 11.6 Å². The monoisotopic (exact) mass is 316 g/mol. The summed E-state index contributed by atoms with van der Waals surface area (Å²) in [6.07, 6.45) is 6.11. The van der Waals surface area contributed by atoms with E-state index in [0.29, 0.717) is 12.5 Å². The van der Waals surface area contributed by atoms with Gasteiger partial charge in [0.25, 0.3) is 0 Å². The van der Waals surface area contributed by atoms with Gasteiger partial charge in [-0.3, -0.25) is 4.79 Å². The van der Waals surface area contributed by atoms with Crippen LogP contribution in [-0.4, -0.2) is 48.7 Å². The van der Waals surface area contributed by atoms with Gasteiger partial charge in [0.2, 0.25) is 5.91 Å². The van der Waals surface area contributed by atoms with Crippen LogP contribution in [0.3, 0.4) is 0 Å². The summed E-state index contributed by atoms with van der Waals surface area (Å²) in [7, 11) is 0. The van der Waals surface area contributed by atoms with Crippen molar-refractivity contribution in [3.63, 3.8) is 0 Å². The lowest BCUT2D eigenvalue weighted by molar-refractivity contribution is -0.123. The van der Waals surface area contributed by atoms with Crippen molar-refractivity contribution in [3.8, 4) is 0 Å². The summed E-state index contributed by atoms with van der Waals surface area (Å²) in [5.74, 6) is 0.518. The van der Waals surface area contributed by atoms with Gasteiger partial charge in [-0.05, 0) is 69.8 Å². The minimum atomic E-state index is 0.190. The van der Waals surface area contributed by atoms with E-state index in [9.17, 15) is 4.79 Å². The second-order valence-electron chi connectivity index (χ2n) is 6.77. The van der Waals surface area contributed by atoms with E-state index in [1.807, 2.05) is 11.0 Å². The summed E-state index contributed by atoms with van der Waals surface area (Å²) in [6.45, 7) is 4.32. The van der Waals surface area contributed by atoms with Crippen molar-refractivity contribution in [1.29, 1.82) is 0 Å². The number of rotatable bonds is 6. The maximum atomic E-state index is 12.8.